The first-order valence-electron chi connectivity index (χ1n) is 3.99. The summed E-state index contributed by atoms with van der Waals surface area (Å²) < 4.78 is 0. The predicted octanol–water partition coefficient (Wildman–Crippen LogP) is -1.71. The first kappa shape index (κ1) is 11.8. The van der Waals surface area contributed by atoms with E-state index in [1.165, 1.54) is 5.01 Å². The van der Waals surface area contributed by atoms with E-state index in [1.807, 2.05) is 0 Å². The van der Waals surface area contributed by atoms with Crippen molar-refractivity contribution in [1.29, 1.82) is 0 Å². The van der Waals surface area contributed by atoms with Crippen LogP contribution in [0.5, 0.6) is 0 Å². The van der Waals surface area contributed by atoms with Gasteiger partial charge in [0.2, 0.25) is 0 Å². The average molecular weight is 178 g/mol. The molecule has 0 aromatic carbocycles. The zero-order valence-electron chi connectivity index (χ0n) is 7.35. The van der Waals surface area contributed by atoms with Crippen LogP contribution < -0.4 is 5.84 Å². The van der Waals surface area contributed by atoms with Crippen LogP contribution >= 0.6 is 0 Å². The lowest BCUT2D eigenvalue weighted by Gasteiger charge is -2.18. The monoisotopic (exact) mass is 178 g/mol. The zero-order valence-corrected chi connectivity index (χ0v) is 7.35. The van der Waals surface area contributed by atoms with Gasteiger partial charge in [-0.2, -0.15) is 0 Å². The molecule has 0 aliphatic rings. The normalized spacial score (nSPS) is 16.5. The minimum absolute atomic E-state index is 0.0631. The van der Waals surface area contributed by atoms with Gasteiger partial charge in [0.15, 0.2) is 0 Å². The molecule has 0 amide bonds. The van der Waals surface area contributed by atoms with Gasteiger partial charge < -0.3 is 15.3 Å². The van der Waals surface area contributed by atoms with E-state index < -0.39 is 12.2 Å². The van der Waals surface area contributed by atoms with E-state index in [0.717, 1.165) is 0 Å². The maximum Gasteiger partial charge on any atom is 0.0705 e. The summed E-state index contributed by atoms with van der Waals surface area (Å²) in [6.07, 6.45) is -0.737. The number of hydrogen-bond donors (Lipinski definition) is 4. The van der Waals surface area contributed by atoms with Crippen molar-refractivity contribution in [3.05, 3.63) is 0 Å². The highest BCUT2D eigenvalue weighted by Crippen LogP contribution is 2.02. The first-order chi connectivity index (χ1) is 5.56. The largest absolute Gasteiger partial charge is 0.396 e. The maximum absolute atomic E-state index is 9.25. The summed E-state index contributed by atoms with van der Waals surface area (Å²) in [5, 5.41) is 28.2. The predicted molar refractivity (Wildman–Crippen MR) is 45.2 cm³/mol. The smallest absolute Gasteiger partial charge is 0.0705 e. The third-order valence-corrected chi connectivity index (χ3v) is 1.51. The molecule has 0 aromatic rings. The molecule has 0 bridgehead atoms. The van der Waals surface area contributed by atoms with Crippen LogP contribution in [0.4, 0.5) is 0 Å². The number of hydrazine groups is 1. The summed E-state index contributed by atoms with van der Waals surface area (Å²) >= 11 is 0. The third kappa shape index (κ3) is 6.51. The van der Waals surface area contributed by atoms with Gasteiger partial charge in [-0.05, 0) is 6.42 Å². The standard InChI is InChI=1S/C7H18N2O3/c1-9(8)5-7(12)4-6(11)2-3-10/h6-7,10-12H,2-5,8H2,1H3/t6-,7-/m1/s1. The maximum atomic E-state index is 9.25. The lowest BCUT2D eigenvalue weighted by Crippen LogP contribution is -2.36. The van der Waals surface area contributed by atoms with Crippen molar-refractivity contribution in [2.75, 3.05) is 20.2 Å². The Morgan fingerprint density at radius 2 is 1.92 bits per heavy atom. The van der Waals surface area contributed by atoms with Gasteiger partial charge in [0.05, 0.1) is 12.2 Å². The summed E-state index contributed by atoms with van der Waals surface area (Å²) in [5.74, 6) is 5.29. The van der Waals surface area contributed by atoms with E-state index in [0.29, 0.717) is 13.0 Å². The molecular weight excluding hydrogens is 160 g/mol. The summed E-state index contributed by atoms with van der Waals surface area (Å²) in [6.45, 7) is 0.259. The highest BCUT2D eigenvalue weighted by atomic mass is 16.3. The highest BCUT2D eigenvalue weighted by Gasteiger charge is 2.11. The molecule has 0 aliphatic carbocycles. The van der Waals surface area contributed by atoms with E-state index in [4.69, 9.17) is 16.1 Å². The van der Waals surface area contributed by atoms with Crippen molar-refractivity contribution in [2.45, 2.75) is 25.0 Å². The lowest BCUT2D eigenvalue weighted by atomic mass is 10.1. The molecule has 5 nitrogen and oxygen atoms in total. The molecule has 0 saturated heterocycles. The van der Waals surface area contributed by atoms with Gasteiger partial charge in [-0.3, -0.25) is 5.84 Å². The number of nitrogens with two attached hydrogens (primary N) is 1. The van der Waals surface area contributed by atoms with Crippen LogP contribution in [-0.2, 0) is 0 Å². The number of aliphatic hydroxyl groups is 3. The Morgan fingerprint density at radius 1 is 1.33 bits per heavy atom. The molecule has 0 fully saturated rings. The third-order valence-electron chi connectivity index (χ3n) is 1.51. The quantitative estimate of drug-likeness (QED) is 0.287. The molecule has 2 atom stereocenters. The van der Waals surface area contributed by atoms with Crippen LogP contribution in [0.15, 0.2) is 0 Å². The second kappa shape index (κ2) is 6.33. The molecule has 0 saturated carbocycles. The molecule has 0 spiro atoms. The molecule has 5 N–H and O–H groups in total. The fourth-order valence-corrected chi connectivity index (χ4v) is 0.988. The second-order valence-electron chi connectivity index (χ2n) is 3.00. The Morgan fingerprint density at radius 3 is 2.33 bits per heavy atom. The topological polar surface area (TPSA) is 90.0 Å². The van der Waals surface area contributed by atoms with E-state index in [9.17, 15) is 5.11 Å². The van der Waals surface area contributed by atoms with Crippen molar-refractivity contribution >= 4 is 0 Å². The Kier molecular flexibility index (Phi) is 6.23. The van der Waals surface area contributed by atoms with E-state index in [-0.39, 0.29) is 13.0 Å². The molecule has 74 valence electrons. The van der Waals surface area contributed by atoms with Crippen molar-refractivity contribution in [3.63, 3.8) is 0 Å². The van der Waals surface area contributed by atoms with Gasteiger partial charge in [-0.1, -0.05) is 0 Å². The number of rotatable bonds is 6. The summed E-state index contributed by atoms with van der Waals surface area (Å²) in [4.78, 5) is 0. The van der Waals surface area contributed by atoms with Crippen LogP contribution in [0.3, 0.4) is 0 Å². The number of aliphatic hydroxyl groups excluding tert-OH is 3. The van der Waals surface area contributed by atoms with Gasteiger partial charge in [0.1, 0.15) is 0 Å². The molecule has 0 aliphatic heterocycles. The molecule has 12 heavy (non-hydrogen) atoms. The minimum Gasteiger partial charge on any atom is -0.396 e. The molecule has 0 radical (unpaired) electrons. The van der Waals surface area contributed by atoms with Crippen LogP contribution in [0.25, 0.3) is 0 Å². The molecular formula is C7H18N2O3. The zero-order chi connectivity index (χ0) is 9.56. The van der Waals surface area contributed by atoms with Crippen molar-refractivity contribution in [3.8, 4) is 0 Å². The Bertz CT molecular complexity index is 111. The first-order valence-corrected chi connectivity index (χ1v) is 3.99. The van der Waals surface area contributed by atoms with Gasteiger partial charge in [-0.25, -0.2) is 5.01 Å². The Hall–Kier alpha value is -0.200. The fraction of sp³-hybridized carbons (Fsp3) is 1.00. The van der Waals surface area contributed by atoms with Gasteiger partial charge in [0, 0.05) is 26.6 Å². The van der Waals surface area contributed by atoms with Crippen molar-refractivity contribution < 1.29 is 15.3 Å². The minimum atomic E-state index is -0.648. The number of hydrogen-bond acceptors (Lipinski definition) is 5. The number of likely N-dealkylation sites (N-methyl/N-ethyl adjacent to an activating group) is 1. The fourth-order valence-electron chi connectivity index (χ4n) is 0.988. The van der Waals surface area contributed by atoms with E-state index >= 15 is 0 Å². The second-order valence-corrected chi connectivity index (χ2v) is 3.00. The van der Waals surface area contributed by atoms with Crippen LogP contribution in [0, 0.1) is 0 Å². The molecule has 0 rings (SSSR count). The number of nitrogens with zero attached hydrogens (tertiary/aromatic N) is 1. The van der Waals surface area contributed by atoms with Crippen molar-refractivity contribution in [1.82, 2.24) is 5.01 Å². The molecule has 5 heteroatoms. The Labute approximate surface area is 72.4 Å². The molecule has 0 unspecified atom stereocenters. The van der Waals surface area contributed by atoms with Crippen molar-refractivity contribution in [2.24, 2.45) is 5.84 Å². The molecule has 0 heterocycles. The van der Waals surface area contributed by atoms with Crippen LogP contribution in [0.1, 0.15) is 12.8 Å². The van der Waals surface area contributed by atoms with Gasteiger partial charge >= 0.3 is 0 Å². The van der Waals surface area contributed by atoms with Crippen LogP contribution in [-0.4, -0.2) is 52.7 Å². The summed E-state index contributed by atoms with van der Waals surface area (Å²) in [5.41, 5.74) is 0. The van der Waals surface area contributed by atoms with E-state index in [1.54, 1.807) is 7.05 Å². The summed E-state index contributed by atoms with van der Waals surface area (Å²) in [6, 6.07) is 0. The van der Waals surface area contributed by atoms with Gasteiger partial charge in [-0.15, -0.1) is 0 Å². The highest BCUT2D eigenvalue weighted by molar-refractivity contribution is 4.64. The Balaban J connectivity index is 3.46. The van der Waals surface area contributed by atoms with Crippen LogP contribution in [0.2, 0.25) is 0 Å². The average Bonchev–Trinajstić information content (AvgIpc) is 1.84. The SMILES string of the molecule is CN(N)C[C@H](O)C[C@H](O)CCO. The van der Waals surface area contributed by atoms with Gasteiger partial charge in [0.25, 0.3) is 0 Å². The summed E-state index contributed by atoms with van der Waals surface area (Å²) in [7, 11) is 1.64. The lowest BCUT2D eigenvalue weighted by molar-refractivity contribution is 0.0481. The molecule has 0 aromatic heterocycles. The van der Waals surface area contributed by atoms with E-state index in [2.05, 4.69) is 0 Å².